The Balaban J connectivity index is 1.50. The lowest BCUT2D eigenvalue weighted by Gasteiger charge is -2.34. The second-order valence-corrected chi connectivity index (χ2v) is 6.42. The van der Waals surface area contributed by atoms with Gasteiger partial charge in [-0.05, 0) is 19.1 Å². The Bertz CT molecular complexity index is 696. The summed E-state index contributed by atoms with van der Waals surface area (Å²) in [5.41, 5.74) is 1.04. The van der Waals surface area contributed by atoms with Crippen LogP contribution in [0.3, 0.4) is 0 Å². The number of aryl methyl sites for hydroxylation is 1. The topological polar surface area (TPSA) is 54.9 Å². The lowest BCUT2D eigenvalue weighted by Crippen LogP contribution is -2.50. The molecule has 0 bridgehead atoms. The zero-order valence-electron chi connectivity index (χ0n) is 13.9. The van der Waals surface area contributed by atoms with Crippen LogP contribution in [-0.4, -0.2) is 55.7 Å². The molecule has 3 rings (SSSR count). The van der Waals surface area contributed by atoms with Crippen molar-refractivity contribution >= 4 is 22.4 Å². The number of methoxy groups -OCH3 is 1. The lowest BCUT2D eigenvalue weighted by molar-refractivity contribution is -0.133. The highest BCUT2D eigenvalue weighted by atomic mass is 32.1. The summed E-state index contributed by atoms with van der Waals surface area (Å²) in [6.07, 6.45) is 0. The number of ether oxygens (including phenoxy) is 2. The molecule has 0 unspecified atom stereocenters. The van der Waals surface area contributed by atoms with Crippen molar-refractivity contribution in [3.8, 4) is 11.5 Å². The van der Waals surface area contributed by atoms with E-state index in [2.05, 4.69) is 9.88 Å². The van der Waals surface area contributed by atoms with Crippen molar-refractivity contribution in [1.82, 2.24) is 9.88 Å². The Labute approximate surface area is 145 Å². The first-order chi connectivity index (χ1) is 11.7. The monoisotopic (exact) mass is 347 g/mol. The molecule has 0 saturated carbocycles. The van der Waals surface area contributed by atoms with E-state index >= 15 is 0 Å². The maximum absolute atomic E-state index is 12.3. The molecular weight excluding hydrogens is 326 g/mol. The third kappa shape index (κ3) is 3.79. The number of carbonyl (C=O) groups excluding carboxylic acids is 1. The predicted molar refractivity (Wildman–Crippen MR) is 94.1 cm³/mol. The molecule has 1 aromatic heterocycles. The van der Waals surface area contributed by atoms with Crippen LogP contribution in [0.25, 0.3) is 0 Å². The summed E-state index contributed by atoms with van der Waals surface area (Å²) in [7, 11) is 1.59. The van der Waals surface area contributed by atoms with Gasteiger partial charge in [0.1, 0.15) is 0 Å². The molecule has 2 heterocycles. The van der Waals surface area contributed by atoms with Gasteiger partial charge in [0, 0.05) is 31.6 Å². The first-order valence-corrected chi connectivity index (χ1v) is 8.76. The Morgan fingerprint density at radius 2 is 1.92 bits per heavy atom. The lowest BCUT2D eigenvalue weighted by atomic mass is 10.3. The van der Waals surface area contributed by atoms with Gasteiger partial charge in [-0.25, -0.2) is 4.98 Å². The summed E-state index contributed by atoms with van der Waals surface area (Å²) in [6, 6.07) is 7.34. The number of anilines is 1. The number of piperazine rings is 1. The van der Waals surface area contributed by atoms with Gasteiger partial charge in [-0.15, -0.1) is 11.3 Å². The van der Waals surface area contributed by atoms with Crippen molar-refractivity contribution in [3.05, 3.63) is 35.3 Å². The van der Waals surface area contributed by atoms with Crippen LogP contribution in [-0.2, 0) is 4.79 Å². The van der Waals surface area contributed by atoms with Crippen LogP contribution in [0.15, 0.2) is 29.6 Å². The van der Waals surface area contributed by atoms with Gasteiger partial charge in [0.15, 0.2) is 23.2 Å². The fraction of sp³-hybridized carbons (Fsp3) is 0.412. The molecule has 1 fully saturated rings. The van der Waals surface area contributed by atoms with Crippen LogP contribution in [0.5, 0.6) is 11.5 Å². The number of thiazole rings is 1. The minimum Gasteiger partial charge on any atom is -0.493 e. The van der Waals surface area contributed by atoms with Gasteiger partial charge >= 0.3 is 0 Å². The summed E-state index contributed by atoms with van der Waals surface area (Å²) in [5.74, 6) is 1.22. The molecular formula is C17H21N3O3S. The predicted octanol–water partition coefficient (Wildman–Crippen LogP) is 2.19. The minimum absolute atomic E-state index is 0.00382. The molecule has 0 radical (unpaired) electrons. The highest BCUT2D eigenvalue weighted by molar-refractivity contribution is 7.13. The molecule has 1 amide bonds. The first kappa shape index (κ1) is 16.6. The molecule has 0 spiro atoms. The zero-order chi connectivity index (χ0) is 16.9. The molecule has 1 aromatic carbocycles. The smallest absolute Gasteiger partial charge is 0.260 e. The van der Waals surface area contributed by atoms with E-state index in [1.807, 2.05) is 35.4 Å². The third-order valence-corrected chi connectivity index (χ3v) is 4.95. The van der Waals surface area contributed by atoms with Crippen molar-refractivity contribution in [3.63, 3.8) is 0 Å². The number of benzene rings is 1. The molecule has 1 saturated heterocycles. The van der Waals surface area contributed by atoms with Gasteiger partial charge in [-0.3, -0.25) is 4.79 Å². The van der Waals surface area contributed by atoms with E-state index in [0.717, 1.165) is 23.9 Å². The van der Waals surface area contributed by atoms with Crippen LogP contribution in [0, 0.1) is 6.92 Å². The van der Waals surface area contributed by atoms with E-state index in [0.29, 0.717) is 24.6 Å². The second-order valence-electron chi connectivity index (χ2n) is 5.58. The number of amides is 1. The van der Waals surface area contributed by atoms with Gasteiger partial charge in [0.05, 0.1) is 12.8 Å². The summed E-state index contributed by atoms with van der Waals surface area (Å²) in [5, 5.41) is 3.08. The normalized spacial score (nSPS) is 14.6. The standard InChI is InChI=1S/C17H21N3O3S/c1-13-12-24-17(18-13)20-9-7-19(8-10-20)16(21)11-23-15-6-4-3-5-14(15)22-2/h3-6,12H,7-11H2,1-2H3. The van der Waals surface area contributed by atoms with Gasteiger partial charge < -0.3 is 19.3 Å². The number of hydrogen-bond donors (Lipinski definition) is 0. The maximum atomic E-state index is 12.3. The quantitative estimate of drug-likeness (QED) is 0.830. The maximum Gasteiger partial charge on any atom is 0.260 e. The number of aromatic nitrogens is 1. The first-order valence-electron chi connectivity index (χ1n) is 7.88. The summed E-state index contributed by atoms with van der Waals surface area (Å²) in [6.45, 7) is 4.99. The molecule has 0 N–H and O–H groups in total. The molecule has 1 aliphatic rings. The number of para-hydroxylation sites is 2. The highest BCUT2D eigenvalue weighted by Crippen LogP contribution is 2.26. The molecule has 0 atom stereocenters. The SMILES string of the molecule is COc1ccccc1OCC(=O)N1CCN(c2nc(C)cs2)CC1. The molecule has 24 heavy (non-hydrogen) atoms. The molecule has 7 heteroatoms. The Morgan fingerprint density at radius 1 is 1.21 bits per heavy atom. The number of carbonyl (C=O) groups is 1. The summed E-state index contributed by atoms with van der Waals surface area (Å²) < 4.78 is 10.8. The fourth-order valence-electron chi connectivity index (χ4n) is 2.60. The summed E-state index contributed by atoms with van der Waals surface area (Å²) >= 11 is 1.65. The fourth-order valence-corrected chi connectivity index (χ4v) is 3.46. The van der Waals surface area contributed by atoms with Crippen LogP contribution in [0.2, 0.25) is 0 Å². The zero-order valence-corrected chi connectivity index (χ0v) is 14.7. The molecule has 0 aliphatic carbocycles. The van der Waals surface area contributed by atoms with Gasteiger partial charge in [-0.1, -0.05) is 12.1 Å². The third-order valence-electron chi connectivity index (χ3n) is 3.93. The van der Waals surface area contributed by atoms with Crippen LogP contribution in [0.1, 0.15) is 5.69 Å². The van der Waals surface area contributed by atoms with Crippen molar-refractivity contribution in [1.29, 1.82) is 0 Å². The van der Waals surface area contributed by atoms with E-state index in [9.17, 15) is 4.79 Å². The van der Waals surface area contributed by atoms with E-state index in [1.54, 1.807) is 24.5 Å². The molecule has 2 aromatic rings. The molecule has 6 nitrogen and oxygen atoms in total. The van der Waals surface area contributed by atoms with E-state index in [-0.39, 0.29) is 12.5 Å². The Morgan fingerprint density at radius 3 is 2.54 bits per heavy atom. The highest BCUT2D eigenvalue weighted by Gasteiger charge is 2.23. The number of rotatable bonds is 5. The average molecular weight is 347 g/mol. The number of nitrogens with zero attached hydrogens (tertiary/aromatic N) is 3. The van der Waals surface area contributed by atoms with Crippen molar-refractivity contribution in [2.75, 3.05) is 44.8 Å². The molecule has 128 valence electrons. The van der Waals surface area contributed by atoms with Crippen molar-refractivity contribution in [2.45, 2.75) is 6.92 Å². The van der Waals surface area contributed by atoms with E-state index in [4.69, 9.17) is 9.47 Å². The molecule has 1 aliphatic heterocycles. The van der Waals surface area contributed by atoms with Crippen LogP contribution in [0.4, 0.5) is 5.13 Å². The Kier molecular flexibility index (Phi) is 5.20. The summed E-state index contributed by atoms with van der Waals surface area (Å²) in [4.78, 5) is 20.9. The minimum atomic E-state index is -0.00382. The van der Waals surface area contributed by atoms with E-state index < -0.39 is 0 Å². The van der Waals surface area contributed by atoms with Gasteiger partial charge in [0.25, 0.3) is 5.91 Å². The van der Waals surface area contributed by atoms with Crippen LogP contribution >= 0.6 is 11.3 Å². The van der Waals surface area contributed by atoms with Crippen molar-refractivity contribution < 1.29 is 14.3 Å². The Hall–Kier alpha value is -2.28. The van der Waals surface area contributed by atoms with Crippen molar-refractivity contribution in [2.24, 2.45) is 0 Å². The largest absolute Gasteiger partial charge is 0.493 e. The number of hydrogen-bond acceptors (Lipinski definition) is 6. The average Bonchev–Trinajstić information content (AvgIpc) is 3.06. The van der Waals surface area contributed by atoms with Gasteiger partial charge in [-0.2, -0.15) is 0 Å². The van der Waals surface area contributed by atoms with Crippen LogP contribution < -0.4 is 14.4 Å². The van der Waals surface area contributed by atoms with E-state index in [1.165, 1.54) is 0 Å². The van der Waals surface area contributed by atoms with Gasteiger partial charge in [0.2, 0.25) is 0 Å². The second kappa shape index (κ2) is 7.53.